The minimum absolute atomic E-state index is 0.104. The summed E-state index contributed by atoms with van der Waals surface area (Å²) in [7, 11) is -9.91. The number of hydrogen-bond acceptors (Lipinski definition) is 15. The van der Waals surface area contributed by atoms with Gasteiger partial charge in [0.25, 0.3) is 0 Å². The molecule has 0 fully saturated rings. The lowest BCUT2D eigenvalue weighted by Gasteiger charge is -2.21. The number of aliphatic hydroxyl groups excluding tert-OH is 1. The van der Waals surface area contributed by atoms with Crippen LogP contribution < -0.4 is 0 Å². The topological polar surface area (TPSA) is 237 Å². The van der Waals surface area contributed by atoms with E-state index in [0.717, 1.165) is 102 Å². The van der Waals surface area contributed by atoms with Gasteiger partial charge in [-0.2, -0.15) is 0 Å². The number of hydrogen-bond donors (Lipinski definition) is 3. The minimum atomic E-state index is -4.96. The van der Waals surface area contributed by atoms with E-state index in [4.69, 9.17) is 37.0 Å². The first-order valence-corrected chi connectivity index (χ1v) is 43.5. The molecule has 0 aliphatic carbocycles. The second-order valence-corrected chi connectivity index (χ2v) is 32.0. The third-order valence-corrected chi connectivity index (χ3v) is 20.1. The zero-order chi connectivity index (χ0) is 71.4. The monoisotopic (exact) mass is 1420 g/mol. The van der Waals surface area contributed by atoms with E-state index in [1.165, 1.54) is 218 Å². The van der Waals surface area contributed by atoms with Crippen LogP contribution in [0, 0.1) is 11.8 Å². The Balaban J connectivity index is 5.21. The van der Waals surface area contributed by atoms with Gasteiger partial charge in [-0.1, -0.05) is 356 Å². The van der Waals surface area contributed by atoms with Crippen LogP contribution in [0.4, 0.5) is 0 Å². The van der Waals surface area contributed by atoms with Gasteiger partial charge in [0.15, 0.2) is 12.2 Å². The van der Waals surface area contributed by atoms with Gasteiger partial charge >= 0.3 is 39.5 Å². The number of esters is 4. The number of carbonyl (C=O) groups excluding carboxylic acids is 4. The highest BCUT2D eigenvalue weighted by Gasteiger charge is 2.30. The molecule has 19 heteroatoms. The molecule has 17 nitrogen and oxygen atoms in total. The van der Waals surface area contributed by atoms with Crippen molar-refractivity contribution < 1.29 is 80.2 Å². The fourth-order valence-electron chi connectivity index (χ4n) is 12.0. The lowest BCUT2D eigenvalue weighted by molar-refractivity contribution is -0.161. The van der Waals surface area contributed by atoms with Crippen molar-refractivity contribution in [2.75, 3.05) is 39.6 Å². The van der Waals surface area contributed by atoms with Gasteiger partial charge in [-0.25, -0.2) is 9.13 Å². The Labute approximate surface area is 594 Å². The van der Waals surface area contributed by atoms with Gasteiger partial charge in [0.2, 0.25) is 0 Å². The molecule has 0 aromatic heterocycles. The van der Waals surface area contributed by atoms with E-state index in [2.05, 4.69) is 41.5 Å². The summed E-state index contributed by atoms with van der Waals surface area (Å²) in [5.74, 6) is -0.700. The van der Waals surface area contributed by atoms with Gasteiger partial charge in [-0.05, 0) is 37.5 Å². The van der Waals surface area contributed by atoms with Crippen LogP contribution in [0.5, 0.6) is 0 Å². The van der Waals surface area contributed by atoms with Gasteiger partial charge in [-0.3, -0.25) is 37.3 Å². The number of ether oxygens (including phenoxy) is 4. The Morgan fingerprint density at radius 3 is 0.701 bits per heavy atom. The summed E-state index contributed by atoms with van der Waals surface area (Å²) in [5, 5.41) is 10.6. The third kappa shape index (κ3) is 72.2. The molecule has 0 spiro atoms. The van der Waals surface area contributed by atoms with Crippen molar-refractivity contribution in [2.24, 2.45) is 11.8 Å². The van der Waals surface area contributed by atoms with Crippen LogP contribution in [0.1, 0.15) is 408 Å². The molecule has 0 radical (unpaired) electrons. The van der Waals surface area contributed by atoms with Crippen LogP contribution in [0.15, 0.2) is 0 Å². The summed E-state index contributed by atoms with van der Waals surface area (Å²) in [6.45, 7) is 9.50. The molecule has 0 aliphatic heterocycles. The van der Waals surface area contributed by atoms with E-state index >= 15 is 0 Å². The second kappa shape index (κ2) is 69.8. The number of phosphoric acid groups is 2. The van der Waals surface area contributed by atoms with Crippen LogP contribution in [-0.2, 0) is 65.4 Å². The predicted molar refractivity (Wildman–Crippen MR) is 395 cm³/mol. The largest absolute Gasteiger partial charge is 0.472 e. The maximum atomic E-state index is 13.1. The second-order valence-electron chi connectivity index (χ2n) is 29.1. The zero-order valence-electron chi connectivity index (χ0n) is 63.4. The van der Waals surface area contributed by atoms with Crippen LogP contribution in [0.2, 0.25) is 0 Å². The van der Waals surface area contributed by atoms with Gasteiger partial charge in [0.05, 0.1) is 26.4 Å². The lowest BCUT2D eigenvalue weighted by Crippen LogP contribution is -2.30. The molecule has 0 bridgehead atoms. The first-order valence-electron chi connectivity index (χ1n) is 40.5. The molecule has 576 valence electrons. The Kier molecular flexibility index (Phi) is 68.4. The van der Waals surface area contributed by atoms with Gasteiger partial charge in [0, 0.05) is 25.7 Å². The van der Waals surface area contributed by atoms with Crippen LogP contribution in [0.25, 0.3) is 0 Å². The van der Waals surface area contributed by atoms with E-state index in [1.54, 1.807) is 0 Å². The van der Waals surface area contributed by atoms with Crippen molar-refractivity contribution >= 4 is 39.5 Å². The fourth-order valence-corrected chi connectivity index (χ4v) is 13.6. The van der Waals surface area contributed by atoms with Gasteiger partial charge < -0.3 is 33.8 Å². The van der Waals surface area contributed by atoms with Crippen molar-refractivity contribution in [3.63, 3.8) is 0 Å². The first kappa shape index (κ1) is 95.1. The molecular formula is C78H152O17P2. The highest BCUT2D eigenvalue weighted by atomic mass is 31.2. The number of phosphoric ester groups is 2. The quantitative estimate of drug-likeness (QED) is 0.0222. The van der Waals surface area contributed by atoms with E-state index in [0.29, 0.717) is 31.6 Å². The van der Waals surface area contributed by atoms with Crippen molar-refractivity contribution in [1.82, 2.24) is 0 Å². The summed E-state index contributed by atoms with van der Waals surface area (Å²) in [5.41, 5.74) is 0. The van der Waals surface area contributed by atoms with E-state index in [-0.39, 0.29) is 25.7 Å². The average Bonchev–Trinajstić information content (AvgIpc) is 1.61. The maximum Gasteiger partial charge on any atom is 0.472 e. The molecule has 0 aromatic rings. The van der Waals surface area contributed by atoms with Crippen molar-refractivity contribution in [3.05, 3.63) is 0 Å². The third-order valence-electron chi connectivity index (χ3n) is 18.2. The van der Waals surface area contributed by atoms with Crippen LogP contribution in [0.3, 0.4) is 0 Å². The lowest BCUT2D eigenvalue weighted by atomic mass is 10.0. The Morgan fingerprint density at radius 1 is 0.278 bits per heavy atom. The number of aliphatic hydroxyl groups is 1. The predicted octanol–water partition coefficient (Wildman–Crippen LogP) is 23.1. The fraction of sp³-hybridized carbons (Fsp3) is 0.949. The van der Waals surface area contributed by atoms with Crippen molar-refractivity contribution in [1.29, 1.82) is 0 Å². The molecule has 5 atom stereocenters. The molecule has 0 aromatic carbocycles. The SMILES string of the molecule is CCCCCCCCCCCCCCCCCCCCCCC(=O)O[C@H](COC(=O)CCCCCCCCCCCCCCCCCC)COP(=O)(O)OC[C@@H](O)COP(=O)(O)OC[C@@H](COC(=O)CCCCCCCCC(C)C)OC(=O)CCCCCCCCCCCC(C)C. The molecule has 0 rings (SSSR count). The van der Waals surface area contributed by atoms with Crippen molar-refractivity contribution in [2.45, 2.75) is 426 Å². The molecule has 97 heavy (non-hydrogen) atoms. The summed E-state index contributed by atoms with van der Waals surface area (Å²) in [6, 6.07) is 0. The summed E-state index contributed by atoms with van der Waals surface area (Å²) in [6.07, 6.45) is 58.6. The molecule has 0 saturated heterocycles. The Morgan fingerprint density at radius 2 is 0.474 bits per heavy atom. The minimum Gasteiger partial charge on any atom is -0.462 e. The number of unbranched alkanes of at least 4 members (excludes halogenated alkanes) is 47. The molecule has 0 aliphatic rings. The summed E-state index contributed by atoms with van der Waals surface area (Å²) >= 11 is 0. The standard InChI is InChI=1S/C78H152O17P2/c1-7-9-11-13-15-17-19-21-23-25-26-27-28-30-32-34-38-42-50-56-62-77(82)94-73(66-88-75(80)60-54-48-41-37-33-31-29-24-22-20-18-16-14-12-10-8-2)68-92-96(84,85)90-64-72(79)65-91-97(86,87)93-69-74(67-89-76(81)61-55-49-45-44-47-53-59-71(5)6)95-78(83)63-57-51-43-39-35-36-40-46-52-58-70(3)4/h70-74,79H,7-69H2,1-6H3,(H,84,85)(H,86,87)/t72-,73-,74-/m1/s1. The van der Waals surface area contributed by atoms with Crippen LogP contribution >= 0.6 is 15.6 Å². The summed E-state index contributed by atoms with van der Waals surface area (Å²) < 4.78 is 68.5. The maximum absolute atomic E-state index is 13.1. The average molecular weight is 1420 g/mol. The first-order chi connectivity index (χ1) is 46.9. The van der Waals surface area contributed by atoms with Crippen LogP contribution in [-0.4, -0.2) is 96.7 Å². The molecule has 0 heterocycles. The molecule has 3 N–H and O–H groups in total. The summed E-state index contributed by atoms with van der Waals surface area (Å²) in [4.78, 5) is 72.8. The molecular weight excluding hydrogens is 1270 g/mol. The highest BCUT2D eigenvalue weighted by Crippen LogP contribution is 2.45. The molecule has 2 unspecified atom stereocenters. The zero-order valence-corrected chi connectivity index (χ0v) is 65.2. The highest BCUT2D eigenvalue weighted by molar-refractivity contribution is 7.47. The van der Waals surface area contributed by atoms with E-state index < -0.39 is 97.5 Å². The van der Waals surface area contributed by atoms with Crippen molar-refractivity contribution in [3.8, 4) is 0 Å². The van der Waals surface area contributed by atoms with E-state index in [1.807, 2.05) is 0 Å². The Bertz CT molecular complexity index is 1870. The number of carbonyl (C=O) groups is 4. The van der Waals surface area contributed by atoms with Gasteiger partial charge in [0.1, 0.15) is 19.3 Å². The van der Waals surface area contributed by atoms with E-state index in [9.17, 15) is 43.2 Å². The number of rotatable bonds is 77. The molecule has 0 amide bonds. The smallest absolute Gasteiger partial charge is 0.462 e. The normalized spacial score (nSPS) is 14.0. The molecule has 0 saturated carbocycles. The van der Waals surface area contributed by atoms with Gasteiger partial charge in [-0.15, -0.1) is 0 Å². The Hall–Kier alpha value is -1.94.